The van der Waals surface area contributed by atoms with E-state index in [1.54, 1.807) is 6.08 Å². The van der Waals surface area contributed by atoms with Crippen molar-refractivity contribution in [1.29, 1.82) is 5.26 Å². The van der Waals surface area contributed by atoms with Gasteiger partial charge in [-0.25, -0.2) is 0 Å². The Kier molecular flexibility index (Phi) is 4.35. The summed E-state index contributed by atoms with van der Waals surface area (Å²) in [6.45, 7) is 4.08. The highest BCUT2D eigenvalue weighted by molar-refractivity contribution is 7.16. The molecular weight excluding hydrogens is 308 g/mol. The smallest absolute Gasteiger partial charge is 0.249 e. The third kappa shape index (κ3) is 3.38. The van der Waals surface area contributed by atoms with E-state index in [2.05, 4.69) is 18.3 Å². The Bertz CT molecular complexity index is 808. The van der Waals surface area contributed by atoms with E-state index in [1.807, 2.05) is 19.1 Å². The van der Waals surface area contributed by atoms with Gasteiger partial charge in [0.1, 0.15) is 22.6 Å². The minimum atomic E-state index is -0.248. The van der Waals surface area contributed by atoms with Gasteiger partial charge < -0.3 is 9.73 Å². The van der Waals surface area contributed by atoms with E-state index in [9.17, 15) is 10.1 Å². The molecule has 5 heteroatoms. The molecule has 2 heterocycles. The highest BCUT2D eigenvalue weighted by Crippen LogP contribution is 2.39. The molecule has 0 fully saturated rings. The first-order chi connectivity index (χ1) is 11.1. The van der Waals surface area contributed by atoms with Gasteiger partial charge in [-0.3, -0.25) is 4.79 Å². The lowest BCUT2D eigenvalue weighted by Gasteiger charge is -2.17. The summed E-state index contributed by atoms with van der Waals surface area (Å²) in [5.74, 6) is 1.83. The molecule has 118 valence electrons. The van der Waals surface area contributed by atoms with Gasteiger partial charge in [0, 0.05) is 11.0 Å². The van der Waals surface area contributed by atoms with Crippen LogP contribution in [0.5, 0.6) is 0 Å². The number of carbonyl (C=O) groups is 1. The standard InChI is InChI=1S/C18H18N2O2S/c1-11-3-7-14-15(10-19)18(23-16(14)9-11)20-17(21)8-6-13-5-4-12(2)22-13/h4-6,8,11H,3,7,9H2,1-2H3,(H,20,21)/b8-6+. The van der Waals surface area contributed by atoms with Crippen LogP contribution >= 0.6 is 11.3 Å². The Morgan fingerprint density at radius 1 is 1.52 bits per heavy atom. The SMILES string of the molecule is Cc1ccc(/C=C/C(=O)Nc2sc3c(c2C#N)CCC(C)C3)o1. The number of thiophene rings is 1. The Balaban J connectivity index is 1.76. The van der Waals surface area contributed by atoms with Crippen molar-refractivity contribution < 1.29 is 9.21 Å². The normalized spacial score (nSPS) is 17.0. The first-order valence-corrected chi connectivity index (χ1v) is 8.48. The van der Waals surface area contributed by atoms with Gasteiger partial charge in [0.15, 0.2) is 0 Å². The maximum atomic E-state index is 12.1. The Morgan fingerprint density at radius 2 is 2.35 bits per heavy atom. The topological polar surface area (TPSA) is 66.0 Å². The molecule has 2 aromatic heterocycles. The molecule has 2 aromatic rings. The van der Waals surface area contributed by atoms with Gasteiger partial charge in [-0.15, -0.1) is 11.3 Å². The van der Waals surface area contributed by atoms with Crippen LogP contribution in [0.1, 0.15) is 40.9 Å². The van der Waals surface area contributed by atoms with Crippen LogP contribution in [0, 0.1) is 24.2 Å². The summed E-state index contributed by atoms with van der Waals surface area (Å²) in [5.41, 5.74) is 1.75. The van der Waals surface area contributed by atoms with E-state index in [4.69, 9.17) is 4.42 Å². The summed E-state index contributed by atoms with van der Waals surface area (Å²) in [4.78, 5) is 13.3. The van der Waals surface area contributed by atoms with Gasteiger partial charge in [0.25, 0.3) is 0 Å². The Morgan fingerprint density at radius 3 is 3.04 bits per heavy atom. The van der Waals surface area contributed by atoms with E-state index >= 15 is 0 Å². The molecule has 0 bridgehead atoms. The number of anilines is 1. The van der Waals surface area contributed by atoms with Crippen molar-refractivity contribution in [2.24, 2.45) is 5.92 Å². The van der Waals surface area contributed by atoms with Gasteiger partial charge in [-0.05, 0) is 55.9 Å². The van der Waals surface area contributed by atoms with Crippen LogP contribution in [0.15, 0.2) is 22.6 Å². The molecule has 0 aromatic carbocycles. The number of amides is 1. The lowest BCUT2D eigenvalue weighted by molar-refractivity contribution is -0.111. The fraction of sp³-hybridized carbons (Fsp3) is 0.333. The lowest BCUT2D eigenvalue weighted by Crippen LogP contribution is -2.10. The number of aryl methyl sites for hydroxylation is 1. The first-order valence-electron chi connectivity index (χ1n) is 7.67. The van der Waals surface area contributed by atoms with Crippen molar-refractivity contribution in [1.82, 2.24) is 0 Å². The summed E-state index contributed by atoms with van der Waals surface area (Å²) in [6.07, 6.45) is 6.08. The summed E-state index contributed by atoms with van der Waals surface area (Å²) >= 11 is 1.53. The number of hydrogen-bond donors (Lipinski definition) is 1. The molecule has 3 rings (SSSR count). The zero-order valence-corrected chi connectivity index (χ0v) is 14.0. The maximum Gasteiger partial charge on any atom is 0.249 e. The van der Waals surface area contributed by atoms with Crippen LogP contribution in [0.4, 0.5) is 5.00 Å². The van der Waals surface area contributed by atoms with Gasteiger partial charge in [0.2, 0.25) is 5.91 Å². The van der Waals surface area contributed by atoms with Crippen molar-refractivity contribution in [2.75, 3.05) is 5.32 Å². The quantitative estimate of drug-likeness (QED) is 0.855. The molecule has 0 aliphatic heterocycles. The predicted molar refractivity (Wildman–Crippen MR) is 91.3 cm³/mol. The first kappa shape index (κ1) is 15.6. The molecule has 1 N–H and O–H groups in total. The van der Waals surface area contributed by atoms with E-state index in [1.165, 1.54) is 22.3 Å². The lowest BCUT2D eigenvalue weighted by atomic mass is 9.89. The number of hydrogen-bond acceptors (Lipinski definition) is 4. The molecule has 1 amide bonds. The van der Waals surface area contributed by atoms with Crippen LogP contribution in [-0.4, -0.2) is 5.91 Å². The van der Waals surface area contributed by atoms with Crippen LogP contribution in [-0.2, 0) is 17.6 Å². The minimum Gasteiger partial charge on any atom is -0.462 e. The van der Waals surface area contributed by atoms with Gasteiger partial charge in [-0.2, -0.15) is 5.26 Å². The molecule has 0 saturated heterocycles. The van der Waals surface area contributed by atoms with E-state index in [0.717, 1.165) is 30.6 Å². The highest BCUT2D eigenvalue weighted by Gasteiger charge is 2.24. The van der Waals surface area contributed by atoms with Crippen molar-refractivity contribution in [3.05, 3.63) is 45.7 Å². The van der Waals surface area contributed by atoms with Crippen LogP contribution in [0.2, 0.25) is 0 Å². The van der Waals surface area contributed by atoms with Crippen molar-refractivity contribution in [2.45, 2.75) is 33.1 Å². The maximum absolute atomic E-state index is 12.1. The average Bonchev–Trinajstić information content (AvgIpc) is 3.07. The van der Waals surface area contributed by atoms with Gasteiger partial charge in [0.05, 0.1) is 5.56 Å². The second kappa shape index (κ2) is 6.43. The molecule has 1 aliphatic rings. The van der Waals surface area contributed by atoms with Crippen LogP contribution in [0.3, 0.4) is 0 Å². The zero-order chi connectivity index (χ0) is 16.4. The van der Waals surface area contributed by atoms with Crippen molar-refractivity contribution >= 4 is 28.3 Å². The number of carbonyl (C=O) groups excluding carboxylic acids is 1. The second-order valence-corrected chi connectivity index (χ2v) is 7.04. The third-order valence-corrected chi connectivity index (χ3v) is 5.19. The molecule has 0 radical (unpaired) electrons. The number of fused-ring (bicyclic) bond motifs is 1. The molecule has 0 spiro atoms. The second-order valence-electron chi connectivity index (χ2n) is 5.94. The number of furan rings is 1. The fourth-order valence-corrected chi connectivity index (χ4v) is 4.18. The van der Waals surface area contributed by atoms with Gasteiger partial charge in [-0.1, -0.05) is 6.92 Å². The fourth-order valence-electron chi connectivity index (χ4n) is 2.81. The van der Waals surface area contributed by atoms with E-state index < -0.39 is 0 Å². The molecule has 4 nitrogen and oxygen atoms in total. The largest absolute Gasteiger partial charge is 0.462 e. The summed E-state index contributed by atoms with van der Waals surface area (Å²) in [7, 11) is 0. The number of nitrogens with one attached hydrogen (secondary N) is 1. The van der Waals surface area contributed by atoms with Crippen molar-refractivity contribution in [3.63, 3.8) is 0 Å². The summed E-state index contributed by atoms with van der Waals surface area (Å²) in [6, 6.07) is 5.91. The average molecular weight is 326 g/mol. The number of nitrogens with zero attached hydrogens (tertiary/aromatic N) is 1. The molecule has 23 heavy (non-hydrogen) atoms. The van der Waals surface area contributed by atoms with Crippen molar-refractivity contribution in [3.8, 4) is 6.07 Å². The molecule has 1 atom stereocenters. The Hall–Kier alpha value is -2.32. The minimum absolute atomic E-state index is 0.248. The number of rotatable bonds is 3. The molecular formula is C18H18N2O2S. The van der Waals surface area contributed by atoms with E-state index in [-0.39, 0.29) is 5.91 Å². The van der Waals surface area contributed by atoms with Crippen LogP contribution in [0.25, 0.3) is 6.08 Å². The molecule has 0 saturated carbocycles. The molecule has 1 unspecified atom stereocenters. The predicted octanol–water partition coefficient (Wildman–Crippen LogP) is 4.30. The summed E-state index contributed by atoms with van der Waals surface area (Å²) in [5, 5.41) is 12.9. The monoisotopic (exact) mass is 326 g/mol. The number of nitriles is 1. The van der Waals surface area contributed by atoms with Crippen LogP contribution < -0.4 is 5.32 Å². The Labute approximate surface area is 139 Å². The molecule has 1 aliphatic carbocycles. The van der Waals surface area contributed by atoms with E-state index in [0.29, 0.717) is 22.2 Å². The van der Waals surface area contributed by atoms with Gasteiger partial charge >= 0.3 is 0 Å². The zero-order valence-electron chi connectivity index (χ0n) is 13.2. The summed E-state index contributed by atoms with van der Waals surface area (Å²) < 4.78 is 5.39. The third-order valence-electron chi connectivity index (χ3n) is 4.02. The highest BCUT2D eigenvalue weighted by atomic mass is 32.1.